The van der Waals surface area contributed by atoms with E-state index in [2.05, 4.69) is 10.3 Å². The average Bonchev–Trinajstić information content (AvgIpc) is 2.55. The molecule has 1 aliphatic rings. The first kappa shape index (κ1) is 26.2. The SMILES string of the molecule is CCOP(=O)(O)C1C=CC=C(C)[N-]1.CCOP(=O)(O)c1cccc(C)n1.[Cu+]. The number of pyridine rings is 1. The maximum atomic E-state index is 11.5. The molecule has 0 aromatic carbocycles. The Hall–Kier alpha value is -0.751. The Bertz CT molecular complexity index is 756. The van der Waals surface area contributed by atoms with Gasteiger partial charge >= 0.3 is 32.3 Å². The molecule has 0 aliphatic carbocycles. The molecule has 1 aromatic rings. The molecule has 11 heteroatoms. The number of allylic oxidation sites excluding steroid dienone is 3. The van der Waals surface area contributed by atoms with E-state index in [-0.39, 0.29) is 35.7 Å². The summed E-state index contributed by atoms with van der Waals surface area (Å²) in [5.41, 5.74) is 1.54. The van der Waals surface area contributed by atoms with E-state index in [1.54, 1.807) is 58.1 Å². The quantitative estimate of drug-likeness (QED) is 0.485. The molecule has 3 atom stereocenters. The first-order valence-corrected chi connectivity index (χ1v) is 11.3. The van der Waals surface area contributed by atoms with E-state index >= 15 is 0 Å². The molecule has 1 aliphatic heterocycles. The normalized spacial score (nSPS) is 19.9. The molecular formula is C16H25CuN2O6P2. The van der Waals surface area contributed by atoms with Crippen LogP contribution < -0.4 is 5.44 Å². The van der Waals surface area contributed by atoms with E-state index in [1.165, 1.54) is 6.07 Å². The van der Waals surface area contributed by atoms with Crippen molar-refractivity contribution in [3.05, 3.63) is 53.1 Å². The molecule has 2 heterocycles. The molecule has 1 aromatic heterocycles. The van der Waals surface area contributed by atoms with Gasteiger partial charge in [0.1, 0.15) is 0 Å². The monoisotopic (exact) mass is 466 g/mol. The van der Waals surface area contributed by atoms with Crippen LogP contribution in [0.4, 0.5) is 0 Å². The van der Waals surface area contributed by atoms with Crippen molar-refractivity contribution < 1.29 is 45.0 Å². The number of aromatic nitrogens is 1. The van der Waals surface area contributed by atoms with Crippen LogP contribution in [-0.2, 0) is 35.2 Å². The van der Waals surface area contributed by atoms with Crippen LogP contribution in [0.1, 0.15) is 26.5 Å². The minimum Gasteiger partial charge on any atom is -0.672 e. The molecule has 156 valence electrons. The first-order valence-electron chi connectivity index (χ1n) is 8.07. The van der Waals surface area contributed by atoms with Gasteiger partial charge in [-0.1, -0.05) is 31.2 Å². The van der Waals surface area contributed by atoms with Crippen molar-refractivity contribution >= 4 is 20.6 Å². The second-order valence-corrected chi connectivity index (χ2v) is 8.97. The molecule has 27 heavy (non-hydrogen) atoms. The summed E-state index contributed by atoms with van der Waals surface area (Å²) in [6.07, 6.45) is 5.07. The van der Waals surface area contributed by atoms with Gasteiger partial charge in [-0.15, -0.1) is 0 Å². The summed E-state index contributed by atoms with van der Waals surface area (Å²) in [5.74, 6) is -0.738. The van der Waals surface area contributed by atoms with Crippen LogP contribution in [0.25, 0.3) is 5.32 Å². The zero-order chi connectivity index (χ0) is 19.8. The third-order valence-electron chi connectivity index (χ3n) is 3.07. The van der Waals surface area contributed by atoms with Gasteiger partial charge < -0.3 is 24.2 Å². The summed E-state index contributed by atoms with van der Waals surface area (Å²) in [7, 11) is -7.28. The Balaban J connectivity index is 0.000000483. The minimum absolute atomic E-state index is 0. The van der Waals surface area contributed by atoms with E-state index in [0.717, 1.165) is 5.70 Å². The number of hydrogen-bond donors (Lipinski definition) is 2. The fourth-order valence-electron chi connectivity index (χ4n) is 1.96. The Morgan fingerprint density at radius 3 is 2.30 bits per heavy atom. The maximum Gasteiger partial charge on any atom is 1.00 e. The maximum absolute atomic E-state index is 11.5. The minimum atomic E-state index is -3.68. The van der Waals surface area contributed by atoms with Crippen molar-refractivity contribution in [2.45, 2.75) is 33.5 Å². The second-order valence-electron chi connectivity index (χ2n) is 5.29. The Kier molecular flexibility index (Phi) is 11.6. The zero-order valence-corrected chi connectivity index (χ0v) is 18.3. The standard InChI is InChI=1S/C8H13NO3P.C8H12NO3P.Cu/c2*1-3-12-13(10,11)8-6-4-5-7(2)9-8;/h4-6,8H,3H2,1-2H3,(H,10,11);4-6H,3H2,1-2H3,(H,10,11);/q-1;;+1. The van der Waals surface area contributed by atoms with Crippen LogP contribution in [0.3, 0.4) is 0 Å². The van der Waals surface area contributed by atoms with Gasteiger partial charge in [0.25, 0.3) is 0 Å². The van der Waals surface area contributed by atoms with Crippen LogP contribution in [-0.4, -0.2) is 33.8 Å². The molecule has 0 saturated heterocycles. The van der Waals surface area contributed by atoms with Gasteiger partial charge in [-0.3, -0.25) is 9.13 Å². The third kappa shape index (κ3) is 8.86. The summed E-state index contributed by atoms with van der Waals surface area (Å²) >= 11 is 0. The van der Waals surface area contributed by atoms with Crippen LogP contribution in [0.15, 0.2) is 42.1 Å². The van der Waals surface area contributed by atoms with Crippen molar-refractivity contribution in [2.24, 2.45) is 0 Å². The molecule has 0 fully saturated rings. The molecule has 0 amide bonds. The van der Waals surface area contributed by atoms with Crippen molar-refractivity contribution in [3.8, 4) is 0 Å². The molecule has 0 saturated carbocycles. The fourth-order valence-corrected chi connectivity index (χ4v) is 4.17. The summed E-state index contributed by atoms with van der Waals surface area (Å²) < 4.78 is 32.4. The van der Waals surface area contributed by atoms with Gasteiger partial charge in [-0.2, -0.15) is 5.70 Å². The van der Waals surface area contributed by atoms with Crippen LogP contribution >= 0.6 is 15.2 Å². The van der Waals surface area contributed by atoms with E-state index < -0.39 is 21.0 Å². The van der Waals surface area contributed by atoms with Gasteiger partial charge in [0, 0.05) is 11.5 Å². The summed E-state index contributed by atoms with van der Waals surface area (Å²) in [6, 6.07) is 4.93. The van der Waals surface area contributed by atoms with Gasteiger partial charge in [0.2, 0.25) is 0 Å². The number of hydrogen-bond acceptors (Lipinski definition) is 5. The van der Waals surface area contributed by atoms with Crippen molar-refractivity contribution in [1.82, 2.24) is 4.98 Å². The van der Waals surface area contributed by atoms with Crippen molar-refractivity contribution in [1.29, 1.82) is 0 Å². The van der Waals surface area contributed by atoms with E-state index in [0.29, 0.717) is 5.69 Å². The van der Waals surface area contributed by atoms with Crippen LogP contribution in [0.5, 0.6) is 0 Å². The second kappa shape index (κ2) is 11.9. The smallest absolute Gasteiger partial charge is 0.672 e. The largest absolute Gasteiger partial charge is 1.00 e. The van der Waals surface area contributed by atoms with Gasteiger partial charge in [-0.05, 0) is 32.9 Å². The Morgan fingerprint density at radius 1 is 1.15 bits per heavy atom. The number of nitrogens with zero attached hydrogens (tertiary/aromatic N) is 2. The topological polar surface area (TPSA) is 120 Å². The summed E-state index contributed by atoms with van der Waals surface area (Å²) in [6.45, 7) is 7.30. The van der Waals surface area contributed by atoms with E-state index in [4.69, 9.17) is 9.05 Å². The predicted molar refractivity (Wildman–Crippen MR) is 102 cm³/mol. The summed E-state index contributed by atoms with van der Waals surface area (Å²) in [5, 5.41) is 4.01. The molecule has 2 N–H and O–H groups in total. The average molecular weight is 467 g/mol. The first-order chi connectivity index (χ1) is 12.1. The molecule has 0 radical (unpaired) electrons. The van der Waals surface area contributed by atoms with Crippen LogP contribution in [0, 0.1) is 6.92 Å². The summed E-state index contributed by atoms with van der Waals surface area (Å²) in [4.78, 5) is 22.7. The Morgan fingerprint density at radius 2 is 1.78 bits per heavy atom. The molecule has 0 spiro atoms. The van der Waals surface area contributed by atoms with Crippen molar-refractivity contribution in [3.63, 3.8) is 0 Å². The molecule has 2 rings (SSSR count). The predicted octanol–water partition coefficient (Wildman–Crippen LogP) is 3.62. The fraction of sp³-hybridized carbons (Fsp3) is 0.438. The van der Waals surface area contributed by atoms with Crippen molar-refractivity contribution in [2.75, 3.05) is 13.2 Å². The van der Waals surface area contributed by atoms with E-state index in [1.807, 2.05) is 0 Å². The zero-order valence-electron chi connectivity index (χ0n) is 15.6. The molecule has 0 bridgehead atoms. The molecular weight excluding hydrogens is 442 g/mol. The molecule has 8 nitrogen and oxygen atoms in total. The molecule has 3 unspecified atom stereocenters. The van der Waals surface area contributed by atoms with E-state index in [9.17, 15) is 18.9 Å². The number of rotatable bonds is 6. The van der Waals surface area contributed by atoms with Crippen LogP contribution in [0.2, 0.25) is 0 Å². The number of aryl methyl sites for hydroxylation is 1. The van der Waals surface area contributed by atoms with Gasteiger partial charge in [0.05, 0.1) is 13.2 Å². The Labute approximate surface area is 170 Å². The van der Waals surface area contributed by atoms with Gasteiger partial charge in [0.15, 0.2) is 5.44 Å². The van der Waals surface area contributed by atoms with Gasteiger partial charge in [-0.25, -0.2) is 4.98 Å². The third-order valence-corrected chi connectivity index (χ3v) is 6.09.